The lowest BCUT2D eigenvalue weighted by Gasteiger charge is -2.07. The zero-order chi connectivity index (χ0) is 11.3. The summed E-state index contributed by atoms with van der Waals surface area (Å²) in [6.07, 6.45) is 2.02. The minimum absolute atomic E-state index is 0.477. The summed E-state index contributed by atoms with van der Waals surface area (Å²) < 4.78 is 0. The number of carbonyl (C=O) groups is 1. The predicted molar refractivity (Wildman–Crippen MR) is 61.6 cm³/mol. The molecular weight excluding hydrogens is 188 g/mol. The van der Waals surface area contributed by atoms with Crippen LogP contribution in [0.2, 0.25) is 0 Å². The Labute approximate surface area is 90.7 Å². The molecule has 0 atom stereocenters. The second-order valence-electron chi connectivity index (χ2n) is 3.58. The highest BCUT2D eigenvalue weighted by Crippen LogP contribution is 2.11. The summed E-state index contributed by atoms with van der Waals surface area (Å²) >= 11 is 0. The van der Waals surface area contributed by atoms with Gasteiger partial charge < -0.3 is 11.1 Å². The van der Waals surface area contributed by atoms with Gasteiger partial charge in [-0.15, -0.1) is 0 Å². The molecule has 0 spiro atoms. The van der Waals surface area contributed by atoms with Crippen molar-refractivity contribution in [3.8, 4) is 0 Å². The predicted octanol–water partition coefficient (Wildman–Crippen LogP) is 1.98. The molecule has 0 aliphatic carbocycles. The summed E-state index contributed by atoms with van der Waals surface area (Å²) in [6, 6.07) is 5.94. The number of urea groups is 1. The maximum Gasteiger partial charge on any atom is 0.312 e. The number of amides is 2. The van der Waals surface area contributed by atoms with Crippen LogP contribution in [0, 0.1) is 0 Å². The number of rotatable bonds is 4. The number of aryl methyl sites for hydroxylation is 2. The largest absolute Gasteiger partial charge is 0.352 e. The third-order valence-corrected chi connectivity index (χ3v) is 2.40. The normalized spacial score (nSPS) is 10.0. The Hall–Kier alpha value is -1.51. The molecule has 3 heteroatoms. The van der Waals surface area contributed by atoms with Crippen molar-refractivity contribution in [1.29, 1.82) is 0 Å². The molecule has 3 N–H and O–H groups in total. The van der Waals surface area contributed by atoms with Crippen LogP contribution in [0.5, 0.6) is 0 Å². The summed E-state index contributed by atoms with van der Waals surface area (Å²) in [5.41, 5.74) is 8.75. The van der Waals surface area contributed by atoms with Gasteiger partial charge in [-0.25, -0.2) is 4.79 Å². The van der Waals surface area contributed by atoms with Crippen molar-refractivity contribution < 1.29 is 4.79 Å². The third kappa shape index (κ3) is 3.62. The first kappa shape index (κ1) is 11.6. The van der Waals surface area contributed by atoms with E-state index in [2.05, 4.69) is 37.4 Å². The molecule has 0 radical (unpaired) electrons. The summed E-state index contributed by atoms with van der Waals surface area (Å²) in [5, 5.41) is 2.60. The van der Waals surface area contributed by atoms with E-state index in [0.717, 1.165) is 18.4 Å². The van der Waals surface area contributed by atoms with Crippen LogP contribution in [0.15, 0.2) is 18.2 Å². The van der Waals surface area contributed by atoms with Gasteiger partial charge in [0.15, 0.2) is 0 Å². The van der Waals surface area contributed by atoms with Gasteiger partial charge in [0.2, 0.25) is 0 Å². The lowest BCUT2D eigenvalue weighted by atomic mass is 10.0. The summed E-state index contributed by atoms with van der Waals surface area (Å²) in [6.45, 7) is 4.76. The molecule has 0 saturated carbocycles. The van der Waals surface area contributed by atoms with Crippen LogP contribution in [0.3, 0.4) is 0 Å². The molecule has 0 bridgehead atoms. The molecular formula is C12H18N2O. The Morgan fingerprint density at radius 3 is 2.00 bits per heavy atom. The van der Waals surface area contributed by atoms with Gasteiger partial charge in [-0.3, -0.25) is 0 Å². The fraction of sp³-hybridized carbons (Fsp3) is 0.417. The second-order valence-corrected chi connectivity index (χ2v) is 3.58. The monoisotopic (exact) mass is 206 g/mol. The maximum absolute atomic E-state index is 10.6. The van der Waals surface area contributed by atoms with Gasteiger partial charge in [-0.05, 0) is 29.5 Å². The minimum Gasteiger partial charge on any atom is -0.352 e. The number of carbonyl (C=O) groups excluding carboxylic acids is 1. The van der Waals surface area contributed by atoms with Gasteiger partial charge in [0.25, 0.3) is 0 Å². The highest BCUT2D eigenvalue weighted by Gasteiger charge is 2.00. The first-order valence-electron chi connectivity index (χ1n) is 5.30. The number of hydrogen-bond acceptors (Lipinski definition) is 1. The fourth-order valence-electron chi connectivity index (χ4n) is 1.54. The van der Waals surface area contributed by atoms with E-state index < -0.39 is 6.03 Å². The van der Waals surface area contributed by atoms with E-state index in [4.69, 9.17) is 5.73 Å². The van der Waals surface area contributed by atoms with Crippen molar-refractivity contribution in [1.82, 2.24) is 5.32 Å². The Morgan fingerprint density at radius 2 is 1.60 bits per heavy atom. The maximum atomic E-state index is 10.6. The van der Waals surface area contributed by atoms with Crippen molar-refractivity contribution in [2.24, 2.45) is 5.73 Å². The van der Waals surface area contributed by atoms with Crippen LogP contribution in [0.1, 0.15) is 30.5 Å². The van der Waals surface area contributed by atoms with Crippen LogP contribution < -0.4 is 11.1 Å². The molecule has 0 heterocycles. The average Bonchev–Trinajstić information content (AvgIpc) is 2.25. The molecule has 0 unspecified atom stereocenters. The second kappa shape index (κ2) is 5.39. The van der Waals surface area contributed by atoms with Crippen LogP contribution in [0.25, 0.3) is 0 Å². The SMILES string of the molecule is CCc1cc(CC)cc(CNC(N)=O)c1. The molecule has 0 aliphatic heterocycles. The van der Waals surface area contributed by atoms with Crippen molar-refractivity contribution >= 4 is 6.03 Å². The molecule has 2 amide bonds. The first-order chi connectivity index (χ1) is 7.15. The molecule has 1 aromatic rings. The molecule has 0 aromatic heterocycles. The highest BCUT2D eigenvalue weighted by atomic mass is 16.2. The first-order valence-corrected chi connectivity index (χ1v) is 5.30. The number of benzene rings is 1. The van der Waals surface area contributed by atoms with Crippen LogP contribution in [-0.2, 0) is 19.4 Å². The number of nitrogens with one attached hydrogen (secondary N) is 1. The van der Waals surface area contributed by atoms with Gasteiger partial charge in [-0.1, -0.05) is 32.0 Å². The quantitative estimate of drug-likeness (QED) is 0.777. The number of nitrogens with two attached hydrogens (primary N) is 1. The van der Waals surface area contributed by atoms with E-state index in [0.29, 0.717) is 6.54 Å². The molecule has 0 saturated heterocycles. The third-order valence-electron chi connectivity index (χ3n) is 2.40. The Bertz CT molecular complexity index is 325. The molecule has 3 nitrogen and oxygen atoms in total. The fourth-order valence-corrected chi connectivity index (χ4v) is 1.54. The highest BCUT2D eigenvalue weighted by molar-refractivity contribution is 5.71. The van der Waals surface area contributed by atoms with E-state index in [9.17, 15) is 4.79 Å². The van der Waals surface area contributed by atoms with E-state index in [-0.39, 0.29) is 0 Å². The summed E-state index contributed by atoms with van der Waals surface area (Å²) in [4.78, 5) is 10.6. The molecule has 0 aliphatic rings. The Balaban J connectivity index is 2.81. The summed E-state index contributed by atoms with van der Waals surface area (Å²) in [5.74, 6) is 0. The molecule has 82 valence electrons. The Morgan fingerprint density at radius 1 is 1.13 bits per heavy atom. The number of primary amides is 1. The zero-order valence-corrected chi connectivity index (χ0v) is 9.34. The molecule has 15 heavy (non-hydrogen) atoms. The zero-order valence-electron chi connectivity index (χ0n) is 9.34. The van der Waals surface area contributed by atoms with Crippen LogP contribution >= 0.6 is 0 Å². The van der Waals surface area contributed by atoms with E-state index in [1.54, 1.807) is 0 Å². The van der Waals surface area contributed by atoms with Crippen LogP contribution in [-0.4, -0.2) is 6.03 Å². The minimum atomic E-state index is -0.477. The van der Waals surface area contributed by atoms with Gasteiger partial charge in [0.1, 0.15) is 0 Å². The average molecular weight is 206 g/mol. The van der Waals surface area contributed by atoms with E-state index in [1.807, 2.05) is 0 Å². The van der Waals surface area contributed by atoms with E-state index >= 15 is 0 Å². The van der Waals surface area contributed by atoms with E-state index in [1.165, 1.54) is 11.1 Å². The van der Waals surface area contributed by atoms with Crippen molar-refractivity contribution in [3.05, 3.63) is 34.9 Å². The van der Waals surface area contributed by atoms with Crippen molar-refractivity contribution in [3.63, 3.8) is 0 Å². The standard InChI is InChI=1S/C12H18N2O/c1-3-9-5-10(4-2)7-11(6-9)8-14-12(13)15/h5-7H,3-4,8H2,1-2H3,(H3,13,14,15). The van der Waals surface area contributed by atoms with Crippen LogP contribution in [0.4, 0.5) is 4.79 Å². The lowest BCUT2D eigenvalue weighted by Crippen LogP contribution is -2.28. The van der Waals surface area contributed by atoms with Gasteiger partial charge in [-0.2, -0.15) is 0 Å². The summed E-state index contributed by atoms with van der Waals surface area (Å²) in [7, 11) is 0. The smallest absolute Gasteiger partial charge is 0.312 e. The Kier molecular flexibility index (Phi) is 4.16. The van der Waals surface area contributed by atoms with Gasteiger partial charge in [0.05, 0.1) is 0 Å². The van der Waals surface area contributed by atoms with Gasteiger partial charge >= 0.3 is 6.03 Å². The molecule has 1 aromatic carbocycles. The van der Waals surface area contributed by atoms with Crippen molar-refractivity contribution in [2.45, 2.75) is 33.2 Å². The molecule has 0 fully saturated rings. The van der Waals surface area contributed by atoms with Crippen molar-refractivity contribution in [2.75, 3.05) is 0 Å². The van der Waals surface area contributed by atoms with Gasteiger partial charge in [0, 0.05) is 6.54 Å². The topological polar surface area (TPSA) is 55.1 Å². The molecule has 1 rings (SSSR count). The lowest BCUT2D eigenvalue weighted by molar-refractivity contribution is 0.248. The number of hydrogen-bond donors (Lipinski definition) is 2.